The lowest BCUT2D eigenvalue weighted by atomic mass is 9.78. The summed E-state index contributed by atoms with van der Waals surface area (Å²) < 4.78 is 11.4. The fraction of sp³-hybridized carbons (Fsp3) is 0.692. The maximum absolute atomic E-state index is 5.94. The van der Waals surface area contributed by atoms with Crippen LogP contribution in [-0.4, -0.2) is 35.9 Å². The van der Waals surface area contributed by atoms with Crippen molar-refractivity contribution in [3.05, 3.63) is 24.3 Å². The van der Waals surface area contributed by atoms with Gasteiger partial charge in [-0.1, -0.05) is 0 Å². The van der Waals surface area contributed by atoms with Gasteiger partial charge in [0.15, 0.2) is 0 Å². The van der Waals surface area contributed by atoms with Crippen molar-refractivity contribution in [3.63, 3.8) is 0 Å². The normalized spacial score (nSPS) is 27.4. The second-order valence-electron chi connectivity index (χ2n) is 5.20. The van der Waals surface area contributed by atoms with E-state index in [-0.39, 0.29) is 0 Å². The molecule has 2 aliphatic heterocycles. The largest absolute Gasteiger partial charge is 0.381 e. The molecule has 0 amide bonds. The third kappa shape index (κ3) is 2.48. The van der Waals surface area contributed by atoms with Crippen LogP contribution in [0.25, 0.3) is 0 Å². The molecule has 2 aliphatic rings. The average Bonchev–Trinajstić information content (AvgIpc) is 2.74. The summed E-state index contributed by atoms with van der Waals surface area (Å²) in [4.78, 5) is 8.09. The lowest BCUT2D eigenvalue weighted by molar-refractivity contribution is 0.00698. The van der Waals surface area contributed by atoms with Gasteiger partial charge in [0.1, 0.15) is 6.33 Å². The minimum Gasteiger partial charge on any atom is -0.381 e. The number of ether oxygens (including phenoxy) is 2. The van der Waals surface area contributed by atoms with Gasteiger partial charge in [-0.25, -0.2) is 9.97 Å². The van der Waals surface area contributed by atoms with Gasteiger partial charge in [0.2, 0.25) is 0 Å². The molecule has 3 rings (SSSR count). The van der Waals surface area contributed by atoms with Crippen molar-refractivity contribution in [1.29, 1.82) is 0 Å². The van der Waals surface area contributed by atoms with E-state index in [1.807, 2.05) is 12.4 Å². The second-order valence-corrected chi connectivity index (χ2v) is 5.20. The monoisotopic (exact) mass is 234 g/mol. The number of hydrogen-bond acceptors (Lipinski definition) is 4. The van der Waals surface area contributed by atoms with E-state index < -0.39 is 0 Å². The van der Waals surface area contributed by atoms with Crippen LogP contribution in [0.15, 0.2) is 18.7 Å². The topological polar surface area (TPSA) is 44.2 Å². The summed E-state index contributed by atoms with van der Waals surface area (Å²) in [5.41, 5.74) is 1.56. The molecule has 2 fully saturated rings. The van der Waals surface area contributed by atoms with E-state index in [4.69, 9.17) is 9.47 Å². The minimum atomic E-state index is 0.332. The third-order valence-corrected chi connectivity index (χ3v) is 3.92. The Hall–Kier alpha value is -1.00. The highest BCUT2D eigenvalue weighted by atomic mass is 16.5. The summed E-state index contributed by atoms with van der Waals surface area (Å²) in [5, 5.41) is 0. The number of aromatic nitrogens is 2. The van der Waals surface area contributed by atoms with Crippen LogP contribution >= 0.6 is 0 Å². The quantitative estimate of drug-likeness (QED) is 0.779. The van der Waals surface area contributed by atoms with E-state index in [0.29, 0.717) is 11.5 Å². The van der Waals surface area contributed by atoms with Crippen molar-refractivity contribution in [1.82, 2.24) is 9.97 Å². The van der Waals surface area contributed by atoms with Crippen LogP contribution in [0.1, 0.15) is 24.8 Å². The molecular formula is C13H18N2O2. The van der Waals surface area contributed by atoms with Gasteiger partial charge in [-0.3, -0.25) is 0 Å². The van der Waals surface area contributed by atoms with E-state index in [2.05, 4.69) is 9.97 Å². The molecule has 1 aromatic rings. The van der Waals surface area contributed by atoms with Crippen LogP contribution in [-0.2, 0) is 15.9 Å². The molecule has 3 heterocycles. The van der Waals surface area contributed by atoms with E-state index in [1.165, 1.54) is 5.56 Å². The highest BCUT2D eigenvalue weighted by molar-refractivity contribution is 5.05. The fourth-order valence-electron chi connectivity index (χ4n) is 2.88. The van der Waals surface area contributed by atoms with Crippen LogP contribution in [0, 0.1) is 5.41 Å². The molecule has 17 heavy (non-hydrogen) atoms. The summed E-state index contributed by atoms with van der Waals surface area (Å²) in [6.07, 6.45) is 10.0. The second kappa shape index (κ2) is 4.70. The van der Waals surface area contributed by atoms with Crippen LogP contribution in [0.2, 0.25) is 0 Å². The SMILES string of the molecule is c1ncc(CC2CC3(CCOCC3)CO2)cn1. The Morgan fingerprint density at radius 2 is 2.00 bits per heavy atom. The Labute approximate surface area is 101 Å². The molecule has 1 atom stereocenters. The molecule has 0 aromatic carbocycles. The molecule has 0 aliphatic carbocycles. The molecule has 1 unspecified atom stereocenters. The lowest BCUT2D eigenvalue weighted by Crippen LogP contribution is -2.30. The first-order valence-electron chi connectivity index (χ1n) is 6.30. The standard InChI is InChI=1S/C13H18N2O2/c1-3-16-4-2-13(1)6-12(17-9-13)5-11-7-14-10-15-8-11/h7-8,10,12H,1-6,9H2. The maximum atomic E-state index is 5.94. The first kappa shape index (κ1) is 11.1. The van der Waals surface area contributed by atoms with Gasteiger partial charge in [0.05, 0.1) is 12.7 Å². The Morgan fingerprint density at radius 1 is 1.24 bits per heavy atom. The van der Waals surface area contributed by atoms with E-state index in [1.54, 1.807) is 6.33 Å². The van der Waals surface area contributed by atoms with Crippen molar-refractivity contribution in [2.45, 2.75) is 31.8 Å². The molecule has 0 radical (unpaired) electrons. The number of nitrogens with zero attached hydrogens (tertiary/aromatic N) is 2. The van der Waals surface area contributed by atoms with Gasteiger partial charge >= 0.3 is 0 Å². The highest BCUT2D eigenvalue weighted by Crippen LogP contribution is 2.41. The molecule has 4 nitrogen and oxygen atoms in total. The molecule has 0 bridgehead atoms. The van der Waals surface area contributed by atoms with Gasteiger partial charge in [0.25, 0.3) is 0 Å². The Kier molecular flexibility index (Phi) is 3.07. The zero-order valence-corrected chi connectivity index (χ0v) is 9.97. The van der Waals surface area contributed by atoms with Crippen LogP contribution < -0.4 is 0 Å². The zero-order valence-electron chi connectivity index (χ0n) is 9.97. The Bertz CT molecular complexity index is 363. The predicted octanol–water partition coefficient (Wildman–Crippen LogP) is 1.60. The van der Waals surface area contributed by atoms with Crippen molar-refractivity contribution < 1.29 is 9.47 Å². The summed E-state index contributed by atoms with van der Waals surface area (Å²) in [6.45, 7) is 2.68. The molecule has 1 aromatic heterocycles. The lowest BCUT2D eigenvalue weighted by Gasteiger charge is -2.31. The summed E-state index contributed by atoms with van der Waals surface area (Å²) in [7, 11) is 0. The van der Waals surface area contributed by atoms with Crippen LogP contribution in [0.3, 0.4) is 0 Å². The van der Waals surface area contributed by atoms with E-state index in [9.17, 15) is 0 Å². The van der Waals surface area contributed by atoms with Crippen molar-refractivity contribution in [2.24, 2.45) is 5.41 Å². The average molecular weight is 234 g/mol. The Morgan fingerprint density at radius 3 is 2.76 bits per heavy atom. The predicted molar refractivity (Wildman–Crippen MR) is 62.6 cm³/mol. The van der Waals surface area contributed by atoms with Gasteiger partial charge in [-0.15, -0.1) is 0 Å². The van der Waals surface area contributed by atoms with Crippen molar-refractivity contribution in [3.8, 4) is 0 Å². The maximum Gasteiger partial charge on any atom is 0.115 e. The number of hydrogen-bond donors (Lipinski definition) is 0. The molecule has 0 N–H and O–H groups in total. The third-order valence-electron chi connectivity index (χ3n) is 3.92. The first-order chi connectivity index (χ1) is 8.36. The smallest absolute Gasteiger partial charge is 0.115 e. The molecule has 4 heteroatoms. The van der Waals surface area contributed by atoms with Crippen molar-refractivity contribution >= 4 is 0 Å². The molecule has 92 valence electrons. The van der Waals surface area contributed by atoms with Gasteiger partial charge < -0.3 is 9.47 Å². The van der Waals surface area contributed by atoms with Crippen molar-refractivity contribution in [2.75, 3.05) is 19.8 Å². The van der Waals surface area contributed by atoms with Gasteiger partial charge in [0, 0.05) is 37.4 Å². The molecular weight excluding hydrogens is 216 g/mol. The minimum absolute atomic E-state index is 0.332. The van der Waals surface area contributed by atoms with Crippen LogP contribution in [0.5, 0.6) is 0 Å². The molecule has 1 spiro atoms. The highest BCUT2D eigenvalue weighted by Gasteiger charge is 2.41. The Balaban J connectivity index is 1.60. The van der Waals surface area contributed by atoms with E-state index in [0.717, 1.165) is 45.5 Å². The first-order valence-corrected chi connectivity index (χ1v) is 6.30. The van der Waals surface area contributed by atoms with E-state index >= 15 is 0 Å². The zero-order chi connectivity index (χ0) is 11.6. The summed E-state index contributed by atoms with van der Waals surface area (Å²) in [5.74, 6) is 0. The van der Waals surface area contributed by atoms with Gasteiger partial charge in [-0.2, -0.15) is 0 Å². The van der Waals surface area contributed by atoms with Gasteiger partial charge in [-0.05, 0) is 24.8 Å². The fourth-order valence-corrected chi connectivity index (χ4v) is 2.88. The summed E-state index contributed by atoms with van der Waals surface area (Å²) >= 11 is 0. The van der Waals surface area contributed by atoms with Crippen LogP contribution in [0.4, 0.5) is 0 Å². The molecule has 2 saturated heterocycles. The number of rotatable bonds is 2. The summed E-state index contributed by atoms with van der Waals surface area (Å²) in [6, 6.07) is 0. The molecule has 0 saturated carbocycles.